The van der Waals surface area contributed by atoms with Crippen LogP contribution in [0.3, 0.4) is 0 Å². The topological polar surface area (TPSA) is 116 Å². The van der Waals surface area contributed by atoms with Crippen molar-refractivity contribution in [3.8, 4) is 0 Å². The molecular weight excluding hydrogens is 264 g/mol. The Kier molecular flexibility index (Phi) is 7.83. The second-order valence-electron chi connectivity index (χ2n) is 4.86. The highest BCUT2D eigenvalue weighted by Gasteiger charge is 2.28. The van der Waals surface area contributed by atoms with E-state index >= 15 is 0 Å². The van der Waals surface area contributed by atoms with E-state index in [9.17, 15) is 19.5 Å². The molecule has 0 saturated carbocycles. The van der Waals surface area contributed by atoms with E-state index in [-0.39, 0.29) is 12.3 Å². The van der Waals surface area contributed by atoms with E-state index in [1.54, 1.807) is 13.8 Å². The van der Waals surface area contributed by atoms with Gasteiger partial charge in [-0.15, -0.1) is 0 Å². The van der Waals surface area contributed by atoms with Gasteiger partial charge in [0.1, 0.15) is 18.2 Å². The Morgan fingerprint density at radius 1 is 1.00 bits per heavy atom. The molecule has 0 rings (SSSR count). The van der Waals surface area contributed by atoms with Gasteiger partial charge in [-0.3, -0.25) is 9.59 Å². The molecule has 20 heavy (non-hydrogen) atoms. The van der Waals surface area contributed by atoms with Crippen LogP contribution in [-0.2, 0) is 14.4 Å². The second kappa shape index (κ2) is 8.52. The molecule has 116 valence electrons. The van der Waals surface area contributed by atoms with Crippen LogP contribution in [0.5, 0.6) is 0 Å². The molecule has 7 heteroatoms. The molecule has 7 nitrogen and oxygen atoms in total. The summed E-state index contributed by atoms with van der Waals surface area (Å²) >= 11 is 0. The van der Waals surface area contributed by atoms with E-state index in [0.29, 0.717) is 6.42 Å². The number of nitrogens with one attached hydrogen (secondary N) is 2. The van der Waals surface area contributed by atoms with Gasteiger partial charge in [-0.25, -0.2) is 4.79 Å². The van der Waals surface area contributed by atoms with Crippen molar-refractivity contribution in [3.63, 3.8) is 0 Å². The van der Waals surface area contributed by atoms with Gasteiger partial charge in [0.15, 0.2) is 0 Å². The van der Waals surface area contributed by atoms with Crippen LogP contribution in [0.1, 0.15) is 40.5 Å². The molecule has 0 bridgehead atoms. The maximum Gasteiger partial charge on any atom is 0.326 e. The largest absolute Gasteiger partial charge is 0.480 e. The number of rotatable bonds is 8. The Hall–Kier alpha value is -1.63. The van der Waals surface area contributed by atoms with Crippen LogP contribution in [-0.4, -0.2) is 46.2 Å². The van der Waals surface area contributed by atoms with Crippen LogP contribution in [0.15, 0.2) is 0 Å². The van der Waals surface area contributed by atoms with E-state index in [2.05, 4.69) is 10.6 Å². The molecule has 2 amide bonds. The van der Waals surface area contributed by atoms with Crippen molar-refractivity contribution in [2.24, 2.45) is 5.92 Å². The minimum absolute atomic E-state index is 0.222. The molecule has 0 aromatic heterocycles. The van der Waals surface area contributed by atoms with Gasteiger partial charge in [-0.2, -0.15) is 0 Å². The van der Waals surface area contributed by atoms with Gasteiger partial charge in [-0.1, -0.05) is 27.2 Å². The first-order chi connectivity index (χ1) is 9.24. The lowest BCUT2D eigenvalue weighted by Gasteiger charge is -2.23. The van der Waals surface area contributed by atoms with Gasteiger partial charge >= 0.3 is 5.97 Å². The molecular formula is C13H24N2O5. The third kappa shape index (κ3) is 5.56. The Bertz CT molecular complexity index is 359. The van der Waals surface area contributed by atoms with E-state index in [1.807, 2.05) is 6.92 Å². The number of aliphatic hydroxyl groups excluding tert-OH is 1. The van der Waals surface area contributed by atoms with Crippen LogP contribution in [0, 0.1) is 5.92 Å². The molecule has 0 heterocycles. The normalized spacial score (nSPS) is 16.6. The quantitative estimate of drug-likeness (QED) is 0.497. The van der Waals surface area contributed by atoms with Crippen molar-refractivity contribution >= 4 is 17.8 Å². The number of carboxylic acids is 1. The first-order valence-electron chi connectivity index (χ1n) is 6.76. The Morgan fingerprint density at radius 2 is 1.55 bits per heavy atom. The average molecular weight is 288 g/mol. The zero-order chi connectivity index (χ0) is 15.9. The number of carbonyl (C=O) groups excluding carboxylic acids is 2. The van der Waals surface area contributed by atoms with Crippen LogP contribution >= 0.6 is 0 Å². The van der Waals surface area contributed by atoms with E-state index in [4.69, 9.17) is 5.11 Å². The average Bonchev–Trinajstić information content (AvgIpc) is 2.41. The lowest BCUT2D eigenvalue weighted by Crippen LogP contribution is -2.53. The van der Waals surface area contributed by atoms with Gasteiger partial charge in [0.25, 0.3) is 0 Å². The van der Waals surface area contributed by atoms with Crippen molar-refractivity contribution in [3.05, 3.63) is 0 Å². The van der Waals surface area contributed by atoms with Gasteiger partial charge in [0, 0.05) is 0 Å². The summed E-state index contributed by atoms with van der Waals surface area (Å²) < 4.78 is 0. The zero-order valence-electron chi connectivity index (χ0n) is 12.3. The second-order valence-corrected chi connectivity index (χ2v) is 4.86. The zero-order valence-corrected chi connectivity index (χ0v) is 12.3. The van der Waals surface area contributed by atoms with Crippen molar-refractivity contribution in [1.82, 2.24) is 10.6 Å². The minimum atomic E-state index is -1.17. The van der Waals surface area contributed by atoms with Crippen molar-refractivity contribution in [1.29, 1.82) is 0 Å². The highest BCUT2D eigenvalue weighted by Crippen LogP contribution is 2.08. The van der Waals surface area contributed by atoms with Crippen molar-refractivity contribution in [2.75, 3.05) is 0 Å². The van der Waals surface area contributed by atoms with Gasteiger partial charge in [0.2, 0.25) is 11.8 Å². The van der Waals surface area contributed by atoms with E-state index in [1.165, 1.54) is 6.92 Å². The molecule has 0 aromatic carbocycles. The number of carbonyl (C=O) groups is 3. The van der Waals surface area contributed by atoms with Crippen LogP contribution < -0.4 is 10.6 Å². The third-order valence-electron chi connectivity index (χ3n) is 3.22. The first kappa shape index (κ1) is 18.4. The number of hydrogen-bond acceptors (Lipinski definition) is 4. The predicted molar refractivity (Wildman–Crippen MR) is 72.9 cm³/mol. The molecule has 0 radical (unpaired) electrons. The molecule has 0 aliphatic carbocycles. The Balaban J connectivity index is 4.58. The van der Waals surface area contributed by atoms with Crippen LogP contribution in [0.25, 0.3) is 0 Å². The number of hydrogen-bond donors (Lipinski definition) is 4. The number of carboxylic acid groups (broad SMARTS) is 1. The lowest BCUT2D eigenvalue weighted by molar-refractivity contribution is -0.143. The maximum atomic E-state index is 11.9. The molecule has 4 atom stereocenters. The molecule has 0 aliphatic rings. The molecule has 0 fully saturated rings. The molecule has 4 N–H and O–H groups in total. The third-order valence-corrected chi connectivity index (χ3v) is 3.22. The molecule has 0 aliphatic heterocycles. The van der Waals surface area contributed by atoms with E-state index < -0.39 is 36.0 Å². The van der Waals surface area contributed by atoms with Crippen molar-refractivity contribution in [2.45, 2.75) is 58.7 Å². The highest BCUT2D eigenvalue weighted by molar-refractivity contribution is 5.91. The van der Waals surface area contributed by atoms with Crippen LogP contribution in [0.2, 0.25) is 0 Å². The SMILES string of the molecule is CCC(O)C(=O)N[C@@H](C)C(=O)N[C@H](C(=O)O)[C@@H](C)CC. The maximum absolute atomic E-state index is 11.9. The summed E-state index contributed by atoms with van der Waals surface area (Å²) in [4.78, 5) is 34.4. The van der Waals surface area contributed by atoms with Gasteiger partial charge < -0.3 is 20.8 Å². The number of aliphatic hydroxyl groups is 1. The summed E-state index contributed by atoms with van der Waals surface area (Å²) in [6.07, 6.45) is -0.327. The summed E-state index contributed by atoms with van der Waals surface area (Å²) in [5.41, 5.74) is 0. The number of aliphatic carboxylic acids is 1. The summed E-state index contributed by atoms with van der Waals surface area (Å²) in [5.74, 6) is -2.57. The summed E-state index contributed by atoms with van der Waals surface area (Å²) in [6.45, 7) is 6.63. The van der Waals surface area contributed by atoms with Crippen molar-refractivity contribution < 1.29 is 24.6 Å². The van der Waals surface area contributed by atoms with E-state index in [0.717, 1.165) is 0 Å². The van der Waals surface area contributed by atoms with Gasteiger partial charge in [0.05, 0.1) is 0 Å². The summed E-state index contributed by atoms with van der Waals surface area (Å²) in [6, 6.07) is -1.91. The molecule has 1 unspecified atom stereocenters. The fourth-order valence-electron chi connectivity index (χ4n) is 1.52. The monoisotopic (exact) mass is 288 g/mol. The van der Waals surface area contributed by atoms with Gasteiger partial charge in [-0.05, 0) is 19.3 Å². The smallest absolute Gasteiger partial charge is 0.326 e. The first-order valence-corrected chi connectivity index (χ1v) is 6.76. The fourth-order valence-corrected chi connectivity index (χ4v) is 1.52. The lowest BCUT2D eigenvalue weighted by atomic mass is 9.99. The summed E-state index contributed by atoms with van der Waals surface area (Å²) in [7, 11) is 0. The minimum Gasteiger partial charge on any atom is -0.480 e. The highest BCUT2D eigenvalue weighted by atomic mass is 16.4. The summed E-state index contributed by atoms with van der Waals surface area (Å²) in [5, 5.41) is 23.1. The standard InChI is InChI=1S/C13H24N2O5/c1-5-7(3)10(13(19)20)15-11(17)8(4)14-12(18)9(16)6-2/h7-10,16H,5-6H2,1-4H3,(H,14,18)(H,15,17)(H,19,20)/t7-,8-,9?,10-/m0/s1. The Labute approximate surface area is 118 Å². The fraction of sp³-hybridized carbons (Fsp3) is 0.769. The Morgan fingerprint density at radius 3 is 1.95 bits per heavy atom. The molecule has 0 aromatic rings. The molecule has 0 spiro atoms. The number of amides is 2. The molecule has 0 saturated heterocycles. The predicted octanol–water partition coefficient (Wildman–Crippen LogP) is -0.122. The van der Waals surface area contributed by atoms with Crippen LogP contribution in [0.4, 0.5) is 0 Å².